The fourth-order valence-electron chi connectivity index (χ4n) is 4.74. The summed E-state index contributed by atoms with van der Waals surface area (Å²) in [7, 11) is 0. The van der Waals surface area contributed by atoms with Gasteiger partial charge in [0.15, 0.2) is 5.65 Å². The Labute approximate surface area is 240 Å². The topological polar surface area (TPSA) is 38.4 Å². The lowest BCUT2D eigenvalue weighted by atomic mass is 10.1. The highest BCUT2D eigenvalue weighted by Gasteiger charge is 2.22. The lowest BCUT2D eigenvalue weighted by Gasteiger charge is -2.22. The number of hydrogen-bond acceptors (Lipinski definition) is 3. The van der Waals surface area contributed by atoms with Crippen molar-refractivity contribution < 1.29 is 0 Å². The molecule has 4 rings (SSSR count). The third kappa shape index (κ3) is 7.93. The molecule has 3 aromatic heterocycles. The van der Waals surface area contributed by atoms with Gasteiger partial charge in [-0.05, 0) is 57.4 Å². The summed E-state index contributed by atoms with van der Waals surface area (Å²) >= 11 is 6.55. The van der Waals surface area contributed by atoms with Crippen LogP contribution in [0.15, 0.2) is 79.0 Å². The molecule has 0 unspecified atom stereocenters. The van der Waals surface area contributed by atoms with Gasteiger partial charge < -0.3 is 0 Å². The van der Waals surface area contributed by atoms with Crippen molar-refractivity contribution in [3.05, 3.63) is 96.0 Å². The molecule has 0 saturated carbocycles. The highest BCUT2D eigenvalue weighted by atomic mass is 35.5. The largest absolute Gasteiger partial charge is 0.297 e. The summed E-state index contributed by atoms with van der Waals surface area (Å²) < 4.78 is 4.47. The van der Waals surface area contributed by atoms with Crippen LogP contribution < -0.4 is 0 Å². The van der Waals surface area contributed by atoms with Crippen LogP contribution in [0.3, 0.4) is 0 Å². The predicted molar refractivity (Wildman–Crippen MR) is 170 cm³/mol. The van der Waals surface area contributed by atoms with Gasteiger partial charge in [-0.2, -0.15) is 0 Å². The molecule has 6 heteroatoms. The zero-order valence-electron chi connectivity index (χ0n) is 24.8. The standard InChI is InChI=1S/C29H36ClN5.C2H6.C2H4/c1-5-12-24(30)20-25(7-3)34-28-26(15-11-17-31-28)35-27(22(4)32-29(34)35)21-33(18-6-2)19-16-23-13-9-8-10-14-23;2*1-2/h7-15,17H,5-6,16,18-21H2,1-4H3;1-2H3;1-2H2/b24-12+,25-7+;;. The highest BCUT2D eigenvalue weighted by Crippen LogP contribution is 2.30. The number of hydrogen-bond donors (Lipinski definition) is 0. The Morgan fingerprint density at radius 2 is 1.77 bits per heavy atom. The van der Waals surface area contributed by atoms with Crippen LogP contribution >= 0.6 is 11.6 Å². The van der Waals surface area contributed by atoms with Crippen molar-refractivity contribution in [2.45, 2.75) is 73.8 Å². The molecular weight excluding hydrogens is 502 g/mol. The minimum absolute atomic E-state index is 0.655. The first kappa shape index (κ1) is 32.1. The van der Waals surface area contributed by atoms with Crippen LogP contribution in [0.4, 0.5) is 0 Å². The number of halogens is 1. The van der Waals surface area contributed by atoms with Crippen LogP contribution in [-0.2, 0) is 13.0 Å². The van der Waals surface area contributed by atoms with Gasteiger partial charge in [0.2, 0.25) is 5.78 Å². The molecule has 0 aliphatic carbocycles. The van der Waals surface area contributed by atoms with Gasteiger partial charge in [0.25, 0.3) is 0 Å². The quantitative estimate of drug-likeness (QED) is 0.176. The van der Waals surface area contributed by atoms with Crippen molar-refractivity contribution in [2.75, 3.05) is 13.1 Å². The molecular formula is C33H46ClN5. The van der Waals surface area contributed by atoms with Gasteiger partial charge in [0, 0.05) is 36.4 Å². The number of nitrogens with zero attached hydrogens (tertiary/aromatic N) is 5. The number of imidazole rings is 2. The van der Waals surface area contributed by atoms with Crippen molar-refractivity contribution in [3.8, 4) is 0 Å². The van der Waals surface area contributed by atoms with E-state index in [2.05, 4.69) is 103 Å². The Morgan fingerprint density at radius 3 is 2.41 bits per heavy atom. The van der Waals surface area contributed by atoms with E-state index >= 15 is 0 Å². The zero-order valence-corrected chi connectivity index (χ0v) is 25.5. The van der Waals surface area contributed by atoms with E-state index in [1.807, 2.05) is 26.1 Å². The number of aryl methyl sites for hydroxylation is 1. The molecule has 210 valence electrons. The Morgan fingerprint density at radius 1 is 1.05 bits per heavy atom. The molecule has 0 spiro atoms. The fraction of sp³-hybridized carbons (Fsp3) is 0.394. The van der Waals surface area contributed by atoms with E-state index in [1.54, 1.807) is 0 Å². The van der Waals surface area contributed by atoms with Gasteiger partial charge in [-0.3, -0.25) is 13.9 Å². The average Bonchev–Trinajstić information content (AvgIpc) is 3.46. The first-order valence-corrected chi connectivity index (χ1v) is 14.5. The molecule has 4 aromatic rings. The van der Waals surface area contributed by atoms with E-state index in [0.29, 0.717) is 6.42 Å². The van der Waals surface area contributed by atoms with E-state index in [1.165, 1.54) is 11.3 Å². The molecule has 1 aromatic carbocycles. The van der Waals surface area contributed by atoms with Crippen LogP contribution in [-0.4, -0.2) is 36.9 Å². The second kappa shape index (κ2) is 16.7. The molecule has 0 saturated heterocycles. The predicted octanol–water partition coefficient (Wildman–Crippen LogP) is 9.06. The zero-order chi connectivity index (χ0) is 28.8. The van der Waals surface area contributed by atoms with Gasteiger partial charge in [-0.25, -0.2) is 9.97 Å². The molecule has 0 bridgehead atoms. The van der Waals surface area contributed by atoms with Crippen LogP contribution in [0, 0.1) is 6.92 Å². The Balaban J connectivity index is 0.00000127. The Bertz CT molecular complexity index is 1350. The molecule has 0 aliphatic heterocycles. The van der Waals surface area contributed by atoms with Crippen LogP contribution in [0.2, 0.25) is 0 Å². The minimum Gasteiger partial charge on any atom is -0.297 e. The van der Waals surface area contributed by atoms with Crippen molar-refractivity contribution in [2.24, 2.45) is 0 Å². The second-order valence-corrected chi connectivity index (χ2v) is 9.47. The van der Waals surface area contributed by atoms with Crippen LogP contribution in [0.25, 0.3) is 22.6 Å². The molecule has 0 amide bonds. The first-order valence-electron chi connectivity index (χ1n) is 14.2. The summed E-state index contributed by atoms with van der Waals surface area (Å²) in [5.74, 6) is 0.903. The lowest BCUT2D eigenvalue weighted by Crippen LogP contribution is -2.27. The molecule has 0 fully saturated rings. The maximum atomic E-state index is 6.55. The van der Waals surface area contributed by atoms with E-state index in [0.717, 1.165) is 72.3 Å². The minimum atomic E-state index is 0.655. The van der Waals surface area contributed by atoms with Crippen LogP contribution in [0.5, 0.6) is 0 Å². The van der Waals surface area contributed by atoms with Crippen molar-refractivity contribution in [1.82, 2.24) is 23.8 Å². The summed E-state index contributed by atoms with van der Waals surface area (Å²) in [4.78, 5) is 12.4. The summed E-state index contributed by atoms with van der Waals surface area (Å²) in [5, 5.41) is 0.843. The summed E-state index contributed by atoms with van der Waals surface area (Å²) in [5.41, 5.74) is 6.74. The van der Waals surface area contributed by atoms with Gasteiger partial charge in [0.05, 0.1) is 16.9 Å². The van der Waals surface area contributed by atoms with E-state index in [4.69, 9.17) is 21.6 Å². The smallest absolute Gasteiger partial charge is 0.221 e. The van der Waals surface area contributed by atoms with E-state index in [9.17, 15) is 0 Å². The molecule has 5 nitrogen and oxygen atoms in total. The molecule has 3 heterocycles. The number of allylic oxidation sites excluding steroid dienone is 4. The normalized spacial score (nSPS) is 11.9. The number of aromatic nitrogens is 4. The first-order chi connectivity index (χ1) is 19.1. The number of fused-ring (bicyclic) bond motifs is 3. The second-order valence-electron chi connectivity index (χ2n) is 8.99. The fourth-order valence-corrected chi connectivity index (χ4v) is 5.03. The van der Waals surface area contributed by atoms with Gasteiger partial charge in [0.1, 0.15) is 0 Å². The monoisotopic (exact) mass is 547 g/mol. The Kier molecular flexibility index (Phi) is 13.8. The molecule has 0 N–H and O–H groups in total. The van der Waals surface area contributed by atoms with Gasteiger partial charge >= 0.3 is 0 Å². The number of rotatable bonds is 11. The van der Waals surface area contributed by atoms with E-state index < -0.39 is 0 Å². The van der Waals surface area contributed by atoms with Crippen LogP contribution in [0.1, 0.15) is 70.8 Å². The maximum absolute atomic E-state index is 6.55. The third-order valence-corrected chi connectivity index (χ3v) is 6.73. The molecule has 0 radical (unpaired) electrons. The number of pyridine rings is 1. The molecule has 0 aliphatic rings. The van der Waals surface area contributed by atoms with E-state index in [-0.39, 0.29) is 0 Å². The van der Waals surface area contributed by atoms with Crippen molar-refractivity contribution in [1.29, 1.82) is 0 Å². The molecule has 0 atom stereocenters. The SMILES string of the molecule is C/C=C(\C/C(Cl)=C\CC)n1c2ncccc2n2c(CN(CCC)CCc3ccccc3)c(C)nc12.C=C.CC. The lowest BCUT2D eigenvalue weighted by molar-refractivity contribution is 0.265. The maximum Gasteiger partial charge on any atom is 0.221 e. The summed E-state index contributed by atoms with van der Waals surface area (Å²) in [6.07, 6.45) is 9.76. The van der Waals surface area contributed by atoms with Crippen molar-refractivity contribution in [3.63, 3.8) is 0 Å². The summed E-state index contributed by atoms with van der Waals surface area (Å²) in [6.45, 7) is 21.4. The third-order valence-electron chi connectivity index (χ3n) is 6.44. The highest BCUT2D eigenvalue weighted by molar-refractivity contribution is 6.30. The van der Waals surface area contributed by atoms with Gasteiger partial charge in [-0.1, -0.05) is 81.8 Å². The average molecular weight is 548 g/mol. The number of benzene rings is 1. The Hall–Kier alpha value is -3.15. The summed E-state index contributed by atoms with van der Waals surface area (Å²) in [6, 6.07) is 14.9. The van der Waals surface area contributed by atoms with Gasteiger partial charge in [-0.15, -0.1) is 13.2 Å². The van der Waals surface area contributed by atoms with Crippen molar-refractivity contribution >= 4 is 34.2 Å². The molecule has 39 heavy (non-hydrogen) atoms.